The summed E-state index contributed by atoms with van der Waals surface area (Å²) in [6, 6.07) is 6.29. The Morgan fingerprint density at radius 1 is 1.35 bits per heavy atom. The number of nitrogens with zero attached hydrogens (tertiary/aromatic N) is 2. The second kappa shape index (κ2) is 8.17. The van der Waals surface area contributed by atoms with Crippen molar-refractivity contribution in [2.45, 2.75) is 32.7 Å². The minimum absolute atomic E-state index is 0.297. The molecule has 1 rings (SSSR count). The summed E-state index contributed by atoms with van der Waals surface area (Å²) in [4.78, 5) is 6.73. The normalized spacial score (nSPS) is 12.9. The van der Waals surface area contributed by atoms with Gasteiger partial charge in [0.2, 0.25) is 0 Å². The Balaban J connectivity index is 2.38. The van der Waals surface area contributed by atoms with Gasteiger partial charge in [0.25, 0.3) is 0 Å². The smallest absolute Gasteiger partial charge is 0.0419 e. The number of rotatable bonds is 8. The van der Waals surface area contributed by atoms with E-state index in [0.717, 1.165) is 38.2 Å². The average Bonchev–Trinajstić information content (AvgIpc) is 2.39. The molecular weight excluding hydrogens is 212 g/mol. The monoisotopic (exact) mass is 236 g/mol. The molecule has 0 aromatic carbocycles. The molecular formula is C13H24N4. The van der Waals surface area contributed by atoms with Crippen LogP contribution >= 0.6 is 0 Å². The minimum Gasteiger partial charge on any atom is -0.304 e. The van der Waals surface area contributed by atoms with Crippen molar-refractivity contribution in [3.05, 3.63) is 30.1 Å². The molecule has 1 heterocycles. The summed E-state index contributed by atoms with van der Waals surface area (Å²) < 4.78 is 0. The van der Waals surface area contributed by atoms with Gasteiger partial charge < -0.3 is 4.90 Å². The Morgan fingerprint density at radius 3 is 2.65 bits per heavy atom. The van der Waals surface area contributed by atoms with Crippen LogP contribution in [0.15, 0.2) is 24.4 Å². The first kappa shape index (κ1) is 14.1. The van der Waals surface area contributed by atoms with E-state index < -0.39 is 0 Å². The molecule has 96 valence electrons. The molecule has 1 aromatic rings. The van der Waals surface area contributed by atoms with Crippen LogP contribution in [0, 0.1) is 0 Å². The first-order valence-electron chi connectivity index (χ1n) is 6.38. The van der Waals surface area contributed by atoms with Crippen molar-refractivity contribution in [3.8, 4) is 0 Å². The predicted molar refractivity (Wildman–Crippen MR) is 71.5 cm³/mol. The molecule has 4 heteroatoms. The molecule has 0 amide bonds. The summed E-state index contributed by atoms with van der Waals surface area (Å²) in [7, 11) is 0. The van der Waals surface area contributed by atoms with Crippen LogP contribution in [0.3, 0.4) is 0 Å². The van der Waals surface area contributed by atoms with Crippen molar-refractivity contribution < 1.29 is 0 Å². The van der Waals surface area contributed by atoms with Crippen LogP contribution in [0.1, 0.15) is 26.0 Å². The lowest BCUT2D eigenvalue weighted by atomic mass is 10.1. The highest BCUT2D eigenvalue weighted by Gasteiger charge is 2.10. The Bertz CT molecular complexity index is 285. The lowest BCUT2D eigenvalue weighted by Crippen LogP contribution is -2.40. The van der Waals surface area contributed by atoms with Crippen LogP contribution in [0.2, 0.25) is 0 Å². The van der Waals surface area contributed by atoms with Gasteiger partial charge in [-0.2, -0.15) is 0 Å². The maximum Gasteiger partial charge on any atom is 0.0419 e. The fourth-order valence-corrected chi connectivity index (χ4v) is 1.89. The van der Waals surface area contributed by atoms with Gasteiger partial charge in [0, 0.05) is 24.4 Å². The van der Waals surface area contributed by atoms with Crippen molar-refractivity contribution in [1.29, 1.82) is 0 Å². The first-order chi connectivity index (χ1) is 8.30. The van der Waals surface area contributed by atoms with Gasteiger partial charge in [-0.25, -0.2) is 0 Å². The molecule has 17 heavy (non-hydrogen) atoms. The third-order valence-electron chi connectivity index (χ3n) is 3.11. The van der Waals surface area contributed by atoms with E-state index in [1.54, 1.807) is 0 Å². The van der Waals surface area contributed by atoms with Crippen LogP contribution in [-0.4, -0.2) is 35.6 Å². The molecule has 0 aliphatic heterocycles. The second-order valence-corrected chi connectivity index (χ2v) is 4.20. The summed E-state index contributed by atoms with van der Waals surface area (Å²) in [5, 5.41) is 0. The largest absolute Gasteiger partial charge is 0.304 e. The van der Waals surface area contributed by atoms with Gasteiger partial charge in [-0.05, 0) is 38.2 Å². The Hall–Kier alpha value is -0.970. The summed E-state index contributed by atoms with van der Waals surface area (Å²) in [6.45, 7) is 7.64. The average molecular weight is 236 g/mol. The van der Waals surface area contributed by atoms with Crippen LogP contribution in [0.4, 0.5) is 0 Å². The van der Waals surface area contributed by atoms with E-state index in [0.29, 0.717) is 6.04 Å². The Kier molecular flexibility index (Phi) is 6.77. The zero-order valence-electron chi connectivity index (χ0n) is 10.9. The maximum absolute atomic E-state index is 5.59. The number of hydrogen-bond acceptors (Lipinski definition) is 4. The lowest BCUT2D eigenvalue weighted by molar-refractivity contribution is 0.280. The zero-order valence-corrected chi connectivity index (χ0v) is 10.9. The number of hydrazine groups is 1. The quantitative estimate of drug-likeness (QED) is 0.526. The summed E-state index contributed by atoms with van der Waals surface area (Å²) in [5.41, 5.74) is 3.98. The lowest BCUT2D eigenvalue weighted by Gasteiger charge is -2.22. The molecule has 0 aliphatic carbocycles. The number of hydrogen-bond donors (Lipinski definition) is 2. The molecule has 0 bridgehead atoms. The van der Waals surface area contributed by atoms with Crippen LogP contribution in [0.5, 0.6) is 0 Å². The standard InChI is InChI=1S/C13H24N4/c1-3-17(4-2)10-8-13(16-14)11-12-7-5-6-9-15-12/h5-7,9,13,16H,3-4,8,10-11,14H2,1-2H3. The topological polar surface area (TPSA) is 54.2 Å². The van der Waals surface area contributed by atoms with Gasteiger partial charge in [0.1, 0.15) is 0 Å². The van der Waals surface area contributed by atoms with Gasteiger partial charge in [-0.1, -0.05) is 19.9 Å². The third kappa shape index (κ3) is 5.26. The molecule has 4 nitrogen and oxygen atoms in total. The third-order valence-corrected chi connectivity index (χ3v) is 3.11. The summed E-state index contributed by atoms with van der Waals surface area (Å²) >= 11 is 0. The van der Waals surface area contributed by atoms with E-state index in [4.69, 9.17) is 5.84 Å². The van der Waals surface area contributed by atoms with Crippen molar-refractivity contribution >= 4 is 0 Å². The van der Waals surface area contributed by atoms with E-state index in [1.807, 2.05) is 24.4 Å². The van der Waals surface area contributed by atoms with Crippen molar-refractivity contribution in [3.63, 3.8) is 0 Å². The van der Waals surface area contributed by atoms with Gasteiger partial charge in [0.15, 0.2) is 0 Å². The van der Waals surface area contributed by atoms with Gasteiger partial charge in [-0.15, -0.1) is 0 Å². The van der Waals surface area contributed by atoms with Crippen LogP contribution in [0.25, 0.3) is 0 Å². The fourth-order valence-electron chi connectivity index (χ4n) is 1.89. The minimum atomic E-state index is 0.297. The summed E-state index contributed by atoms with van der Waals surface area (Å²) in [5.74, 6) is 5.59. The molecule has 1 atom stereocenters. The molecule has 3 N–H and O–H groups in total. The summed E-state index contributed by atoms with van der Waals surface area (Å²) in [6.07, 6.45) is 3.76. The first-order valence-corrected chi connectivity index (χ1v) is 6.38. The second-order valence-electron chi connectivity index (χ2n) is 4.20. The predicted octanol–water partition coefficient (Wildman–Crippen LogP) is 1.19. The van der Waals surface area contributed by atoms with Crippen LogP contribution in [-0.2, 0) is 6.42 Å². The Labute approximate surface area is 104 Å². The molecule has 0 spiro atoms. The number of nitrogens with one attached hydrogen (secondary N) is 1. The van der Waals surface area contributed by atoms with E-state index in [9.17, 15) is 0 Å². The van der Waals surface area contributed by atoms with Crippen molar-refractivity contribution in [1.82, 2.24) is 15.3 Å². The molecule has 0 aliphatic rings. The molecule has 0 saturated heterocycles. The van der Waals surface area contributed by atoms with Crippen LogP contribution < -0.4 is 11.3 Å². The number of aromatic nitrogens is 1. The van der Waals surface area contributed by atoms with E-state index in [2.05, 4.69) is 29.2 Å². The van der Waals surface area contributed by atoms with E-state index >= 15 is 0 Å². The molecule has 0 saturated carbocycles. The molecule has 0 radical (unpaired) electrons. The highest BCUT2D eigenvalue weighted by Crippen LogP contribution is 2.03. The molecule has 0 fully saturated rings. The number of pyridine rings is 1. The highest BCUT2D eigenvalue weighted by atomic mass is 15.2. The van der Waals surface area contributed by atoms with E-state index in [1.165, 1.54) is 0 Å². The van der Waals surface area contributed by atoms with E-state index in [-0.39, 0.29) is 0 Å². The maximum atomic E-state index is 5.59. The molecule has 1 unspecified atom stereocenters. The zero-order chi connectivity index (χ0) is 12.5. The Morgan fingerprint density at radius 2 is 2.12 bits per heavy atom. The van der Waals surface area contributed by atoms with Gasteiger partial charge in [-0.3, -0.25) is 16.3 Å². The SMILES string of the molecule is CCN(CC)CCC(Cc1ccccn1)NN. The van der Waals surface area contributed by atoms with Gasteiger partial charge >= 0.3 is 0 Å². The van der Waals surface area contributed by atoms with Crippen molar-refractivity contribution in [2.75, 3.05) is 19.6 Å². The fraction of sp³-hybridized carbons (Fsp3) is 0.615. The van der Waals surface area contributed by atoms with Crippen molar-refractivity contribution in [2.24, 2.45) is 5.84 Å². The molecule has 1 aromatic heterocycles. The number of nitrogens with two attached hydrogens (primary N) is 1. The van der Waals surface area contributed by atoms with Gasteiger partial charge in [0.05, 0.1) is 0 Å². The highest BCUT2D eigenvalue weighted by molar-refractivity contribution is 5.05.